The van der Waals surface area contributed by atoms with Crippen molar-refractivity contribution in [1.29, 1.82) is 0 Å². The molecule has 3 heteroatoms. The van der Waals surface area contributed by atoms with Gasteiger partial charge in [0.15, 0.2) is 0 Å². The molecule has 0 saturated heterocycles. The second-order valence-electron chi connectivity index (χ2n) is 4.16. The van der Waals surface area contributed by atoms with E-state index < -0.39 is 0 Å². The lowest BCUT2D eigenvalue weighted by molar-refractivity contribution is -0.128. The summed E-state index contributed by atoms with van der Waals surface area (Å²) in [5.74, 6) is 0.174. The molecule has 1 aliphatic rings. The zero-order valence-corrected chi connectivity index (χ0v) is 10.5. The van der Waals surface area contributed by atoms with E-state index in [2.05, 4.69) is 24.3 Å². The molecule has 0 N–H and O–H groups in total. The fraction of sp³-hybridized carbons (Fsp3) is 0.133. The SMILES string of the molecule is Cl.O=COCC1c2ccccc2-c2ccccc21. The molecule has 3 rings (SSSR count). The van der Waals surface area contributed by atoms with E-state index in [-0.39, 0.29) is 18.3 Å². The minimum atomic E-state index is 0. The first-order chi connectivity index (χ1) is 8.42. The Morgan fingerprint density at radius 3 is 1.94 bits per heavy atom. The van der Waals surface area contributed by atoms with Crippen LogP contribution in [-0.4, -0.2) is 13.1 Å². The van der Waals surface area contributed by atoms with Gasteiger partial charge < -0.3 is 4.74 Å². The Bertz CT molecular complexity index is 520. The molecular formula is C15H13ClO2. The van der Waals surface area contributed by atoms with Gasteiger partial charge in [0.2, 0.25) is 0 Å². The molecule has 0 saturated carbocycles. The number of fused-ring (bicyclic) bond motifs is 3. The Kier molecular flexibility index (Phi) is 3.68. The van der Waals surface area contributed by atoms with Gasteiger partial charge in [-0.25, -0.2) is 0 Å². The molecule has 2 aromatic carbocycles. The van der Waals surface area contributed by atoms with E-state index in [1.165, 1.54) is 22.3 Å². The maximum absolute atomic E-state index is 10.4. The summed E-state index contributed by atoms with van der Waals surface area (Å²) in [4.78, 5) is 10.4. The molecule has 0 bridgehead atoms. The lowest BCUT2D eigenvalue weighted by Gasteiger charge is -2.11. The van der Waals surface area contributed by atoms with Crippen molar-refractivity contribution in [1.82, 2.24) is 0 Å². The van der Waals surface area contributed by atoms with Crippen LogP contribution in [0.3, 0.4) is 0 Å². The number of halogens is 1. The highest BCUT2D eigenvalue weighted by Gasteiger charge is 2.28. The summed E-state index contributed by atoms with van der Waals surface area (Å²) in [6.07, 6.45) is 0. The van der Waals surface area contributed by atoms with Crippen molar-refractivity contribution in [3.63, 3.8) is 0 Å². The summed E-state index contributed by atoms with van der Waals surface area (Å²) in [6.45, 7) is 0.932. The monoisotopic (exact) mass is 260 g/mol. The van der Waals surface area contributed by atoms with Crippen LogP contribution in [0.4, 0.5) is 0 Å². The quantitative estimate of drug-likeness (QED) is 0.791. The fourth-order valence-corrected chi connectivity index (χ4v) is 2.57. The van der Waals surface area contributed by atoms with Gasteiger partial charge in [0.25, 0.3) is 6.47 Å². The van der Waals surface area contributed by atoms with Gasteiger partial charge in [-0.2, -0.15) is 0 Å². The molecule has 1 aliphatic carbocycles. The molecule has 0 heterocycles. The van der Waals surface area contributed by atoms with Crippen molar-refractivity contribution in [2.45, 2.75) is 5.92 Å². The molecule has 0 aromatic heterocycles. The molecule has 0 unspecified atom stereocenters. The smallest absolute Gasteiger partial charge is 0.293 e. The maximum Gasteiger partial charge on any atom is 0.293 e. The molecule has 0 atom stereocenters. The van der Waals surface area contributed by atoms with Crippen molar-refractivity contribution in [3.05, 3.63) is 59.7 Å². The number of hydrogen-bond donors (Lipinski definition) is 0. The zero-order valence-electron chi connectivity index (χ0n) is 9.71. The van der Waals surface area contributed by atoms with Gasteiger partial charge in [-0.1, -0.05) is 48.5 Å². The molecule has 92 valence electrons. The number of carbonyl (C=O) groups is 1. The van der Waals surface area contributed by atoms with Crippen LogP contribution in [0.25, 0.3) is 11.1 Å². The molecule has 0 radical (unpaired) electrons. The van der Waals surface area contributed by atoms with Gasteiger partial charge in [-0.15, -0.1) is 12.4 Å². The summed E-state index contributed by atoms with van der Waals surface area (Å²) >= 11 is 0. The van der Waals surface area contributed by atoms with E-state index >= 15 is 0 Å². The van der Waals surface area contributed by atoms with Gasteiger partial charge in [-0.3, -0.25) is 4.79 Å². The second kappa shape index (κ2) is 5.23. The highest BCUT2D eigenvalue weighted by molar-refractivity contribution is 5.85. The van der Waals surface area contributed by atoms with E-state index in [9.17, 15) is 4.79 Å². The Morgan fingerprint density at radius 2 is 1.44 bits per heavy atom. The highest BCUT2D eigenvalue weighted by atomic mass is 35.5. The minimum absolute atomic E-state index is 0. The number of rotatable bonds is 3. The normalized spacial score (nSPS) is 12.2. The van der Waals surface area contributed by atoms with Crippen molar-refractivity contribution in [2.75, 3.05) is 6.61 Å². The molecular weight excluding hydrogens is 248 g/mol. The van der Waals surface area contributed by atoms with Crippen molar-refractivity contribution in [2.24, 2.45) is 0 Å². The van der Waals surface area contributed by atoms with Crippen LogP contribution >= 0.6 is 12.4 Å². The number of carbonyl (C=O) groups excluding carboxylic acids is 1. The third-order valence-electron chi connectivity index (χ3n) is 3.29. The first-order valence-electron chi connectivity index (χ1n) is 5.65. The maximum atomic E-state index is 10.4. The molecule has 0 amide bonds. The molecule has 2 nitrogen and oxygen atoms in total. The van der Waals surface area contributed by atoms with E-state index in [4.69, 9.17) is 4.74 Å². The van der Waals surface area contributed by atoms with Crippen LogP contribution < -0.4 is 0 Å². The topological polar surface area (TPSA) is 26.3 Å². The summed E-state index contributed by atoms with van der Waals surface area (Å²) in [5.41, 5.74) is 5.00. The fourth-order valence-electron chi connectivity index (χ4n) is 2.57. The Balaban J connectivity index is 0.00000120. The first-order valence-corrected chi connectivity index (χ1v) is 5.65. The molecule has 0 aliphatic heterocycles. The van der Waals surface area contributed by atoms with E-state index in [0.29, 0.717) is 13.1 Å². The molecule has 0 spiro atoms. The van der Waals surface area contributed by atoms with Crippen molar-refractivity contribution < 1.29 is 9.53 Å². The molecule has 2 aromatic rings. The largest absolute Gasteiger partial charge is 0.467 e. The van der Waals surface area contributed by atoms with Gasteiger partial charge in [0, 0.05) is 5.92 Å². The van der Waals surface area contributed by atoms with Crippen molar-refractivity contribution in [3.8, 4) is 11.1 Å². The predicted molar refractivity (Wildman–Crippen MR) is 73.0 cm³/mol. The lowest BCUT2D eigenvalue weighted by atomic mass is 9.98. The Morgan fingerprint density at radius 1 is 0.944 bits per heavy atom. The van der Waals surface area contributed by atoms with Gasteiger partial charge in [0.1, 0.15) is 6.61 Å². The highest BCUT2D eigenvalue weighted by Crippen LogP contribution is 2.44. The number of ether oxygens (including phenoxy) is 1. The third kappa shape index (κ3) is 1.89. The van der Waals surface area contributed by atoms with Gasteiger partial charge in [-0.05, 0) is 22.3 Å². The minimum Gasteiger partial charge on any atom is -0.467 e. The summed E-state index contributed by atoms with van der Waals surface area (Å²) in [6, 6.07) is 16.6. The van der Waals surface area contributed by atoms with Crippen LogP contribution in [0.15, 0.2) is 48.5 Å². The molecule has 0 fully saturated rings. The molecule has 18 heavy (non-hydrogen) atoms. The Hall–Kier alpha value is -1.80. The summed E-state index contributed by atoms with van der Waals surface area (Å²) in [5, 5.41) is 0. The third-order valence-corrected chi connectivity index (χ3v) is 3.29. The average molecular weight is 261 g/mol. The average Bonchev–Trinajstić information content (AvgIpc) is 2.71. The van der Waals surface area contributed by atoms with Crippen LogP contribution in [0.5, 0.6) is 0 Å². The van der Waals surface area contributed by atoms with Gasteiger partial charge >= 0.3 is 0 Å². The van der Waals surface area contributed by atoms with Crippen LogP contribution in [0.2, 0.25) is 0 Å². The Labute approximate surface area is 112 Å². The summed E-state index contributed by atoms with van der Waals surface area (Å²) < 4.78 is 4.95. The summed E-state index contributed by atoms with van der Waals surface area (Å²) in [7, 11) is 0. The van der Waals surface area contributed by atoms with Crippen LogP contribution in [-0.2, 0) is 9.53 Å². The zero-order chi connectivity index (χ0) is 11.7. The van der Waals surface area contributed by atoms with E-state index in [1.54, 1.807) is 0 Å². The van der Waals surface area contributed by atoms with E-state index in [1.807, 2.05) is 24.3 Å². The predicted octanol–water partition coefficient (Wildman–Crippen LogP) is 3.39. The lowest BCUT2D eigenvalue weighted by Crippen LogP contribution is -2.05. The van der Waals surface area contributed by atoms with Crippen LogP contribution in [0, 0.1) is 0 Å². The second-order valence-corrected chi connectivity index (χ2v) is 4.16. The number of hydrogen-bond acceptors (Lipinski definition) is 2. The first kappa shape index (κ1) is 12.7. The standard InChI is InChI=1S/C15H12O2.ClH/c16-10-17-9-15-13-7-3-1-5-11(13)12-6-2-4-8-14(12)15;/h1-8,10,15H,9H2;1H. The van der Waals surface area contributed by atoms with Crippen LogP contribution in [0.1, 0.15) is 17.0 Å². The van der Waals surface area contributed by atoms with Crippen molar-refractivity contribution >= 4 is 18.9 Å². The number of benzene rings is 2. The van der Waals surface area contributed by atoms with Gasteiger partial charge in [0.05, 0.1) is 0 Å². The van der Waals surface area contributed by atoms with E-state index in [0.717, 1.165) is 0 Å².